The van der Waals surface area contributed by atoms with Gasteiger partial charge >= 0.3 is 0 Å². The molecular formula is C18H18N2O4. The largest absolute Gasteiger partial charge is 0.466 e. The molecule has 3 rings (SSSR count). The van der Waals surface area contributed by atoms with Crippen LogP contribution in [0.4, 0.5) is 5.69 Å². The molecule has 2 aromatic rings. The van der Waals surface area contributed by atoms with Gasteiger partial charge in [0.05, 0.1) is 4.92 Å². The monoisotopic (exact) mass is 326 g/mol. The number of nitrogens with zero attached hydrogens (tertiary/aromatic N) is 2. The molecule has 1 heterocycles. The maximum atomic E-state index is 10.8. The van der Waals surface area contributed by atoms with Crippen LogP contribution >= 0.6 is 0 Å². The predicted octanol–water partition coefficient (Wildman–Crippen LogP) is 3.65. The van der Waals surface area contributed by atoms with Gasteiger partial charge in [-0.1, -0.05) is 30.3 Å². The quantitative estimate of drug-likeness (QED) is 0.635. The van der Waals surface area contributed by atoms with Gasteiger partial charge in [0.15, 0.2) is 5.60 Å². The van der Waals surface area contributed by atoms with E-state index < -0.39 is 16.2 Å². The highest BCUT2D eigenvalue weighted by molar-refractivity contribution is 5.96. The minimum absolute atomic E-state index is 0.0256. The van der Waals surface area contributed by atoms with E-state index in [-0.39, 0.29) is 5.69 Å². The molecule has 1 atom stereocenters. The first-order valence-electron chi connectivity index (χ1n) is 7.54. The van der Waals surface area contributed by atoms with Crippen LogP contribution in [-0.4, -0.2) is 23.5 Å². The number of nitro groups is 1. The van der Waals surface area contributed by atoms with Gasteiger partial charge in [0.25, 0.3) is 5.69 Å². The molecule has 1 unspecified atom stereocenters. The topological polar surface area (TPSA) is 74.0 Å². The average molecular weight is 326 g/mol. The summed E-state index contributed by atoms with van der Waals surface area (Å²) in [6.45, 7) is 3.82. The number of non-ortho nitro benzene ring substituents is 1. The fourth-order valence-electron chi connectivity index (χ4n) is 2.95. The van der Waals surface area contributed by atoms with Gasteiger partial charge < -0.3 is 9.47 Å². The summed E-state index contributed by atoms with van der Waals surface area (Å²) < 4.78 is 11.8. The van der Waals surface area contributed by atoms with Crippen LogP contribution in [0.3, 0.4) is 0 Å². The zero-order valence-electron chi connectivity index (χ0n) is 13.7. The minimum atomic E-state index is -0.981. The van der Waals surface area contributed by atoms with Crippen molar-refractivity contribution in [1.29, 1.82) is 0 Å². The normalized spacial score (nSPS) is 21.9. The number of aliphatic imine (C=N–C) groups is 1. The molecule has 0 saturated carbocycles. The summed E-state index contributed by atoms with van der Waals surface area (Å²) in [4.78, 5) is 15.1. The molecule has 0 amide bonds. The van der Waals surface area contributed by atoms with Crippen molar-refractivity contribution in [2.45, 2.75) is 25.2 Å². The Morgan fingerprint density at radius 2 is 1.71 bits per heavy atom. The zero-order valence-corrected chi connectivity index (χ0v) is 13.7. The molecule has 2 aromatic carbocycles. The van der Waals surface area contributed by atoms with Crippen molar-refractivity contribution in [2.24, 2.45) is 4.99 Å². The van der Waals surface area contributed by atoms with E-state index in [1.165, 1.54) is 12.1 Å². The molecule has 0 saturated heterocycles. The highest BCUT2D eigenvalue weighted by Crippen LogP contribution is 2.45. The molecule has 6 heteroatoms. The molecule has 24 heavy (non-hydrogen) atoms. The van der Waals surface area contributed by atoms with E-state index in [0.29, 0.717) is 11.5 Å². The lowest BCUT2D eigenvalue weighted by Crippen LogP contribution is -2.45. The van der Waals surface area contributed by atoms with Gasteiger partial charge in [-0.2, -0.15) is 0 Å². The second-order valence-corrected chi connectivity index (χ2v) is 6.05. The lowest BCUT2D eigenvalue weighted by atomic mass is 9.88. The van der Waals surface area contributed by atoms with Crippen molar-refractivity contribution in [1.82, 2.24) is 0 Å². The molecular weight excluding hydrogens is 308 g/mol. The molecule has 0 spiro atoms. The highest BCUT2D eigenvalue weighted by atomic mass is 16.6. The Bertz CT molecular complexity index is 784. The molecule has 0 bridgehead atoms. The van der Waals surface area contributed by atoms with E-state index in [0.717, 1.165) is 5.56 Å². The lowest BCUT2D eigenvalue weighted by molar-refractivity contribution is -0.384. The molecule has 124 valence electrons. The van der Waals surface area contributed by atoms with Gasteiger partial charge in [-0.15, -0.1) is 0 Å². The number of ether oxygens (including phenoxy) is 2. The van der Waals surface area contributed by atoms with Crippen LogP contribution in [0.2, 0.25) is 0 Å². The Balaban J connectivity index is 2.06. The number of methoxy groups -OCH3 is 1. The van der Waals surface area contributed by atoms with Crippen molar-refractivity contribution in [3.8, 4) is 0 Å². The first kappa shape index (κ1) is 16.1. The summed E-state index contributed by atoms with van der Waals surface area (Å²) in [5.74, 6) is 0.403. The predicted molar refractivity (Wildman–Crippen MR) is 89.9 cm³/mol. The average Bonchev–Trinajstić information content (AvgIpc) is 2.87. The smallest absolute Gasteiger partial charge is 0.269 e. The Morgan fingerprint density at radius 3 is 2.25 bits per heavy atom. The molecule has 0 aliphatic carbocycles. The van der Waals surface area contributed by atoms with E-state index >= 15 is 0 Å². The Labute approximate surface area is 139 Å². The SMILES string of the molecule is COC1(c2ccccc2)N=C(c2ccc([N+](=O)[O-])cc2)OC1(C)C. The van der Waals surface area contributed by atoms with E-state index in [9.17, 15) is 10.1 Å². The van der Waals surface area contributed by atoms with Crippen LogP contribution in [0, 0.1) is 10.1 Å². The fraction of sp³-hybridized carbons (Fsp3) is 0.278. The summed E-state index contributed by atoms with van der Waals surface area (Å²) in [6, 6.07) is 15.8. The first-order chi connectivity index (χ1) is 11.4. The number of hydrogen-bond donors (Lipinski definition) is 0. The van der Waals surface area contributed by atoms with Gasteiger partial charge in [0.1, 0.15) is 0 Å². The van der Waals surface area contributed by atoms with Crippen molar-refractivity contribution in [2.75, 3.05) is 7.11 Å². The maximum Gasteiger partial charge on any atom is 0.269 e. The number of nitro benzene ring substituents is 1. The maximum absolute atomic E-state index is 10.8. The van der Waals surface area contributed by atoms with E-state index in [1.54, 1.807) is 19.2 Å². The van der Waals surface area contributed by atoms with Crippen LogP contribution < -0.4 is 0 Å². The van der Waals surface area contributed by atoms with Crippen molar-refractivity contribution < 1.29 is 14.4 Å². The van der Waals surface area contributed by atoms with Crippen molar-refractivity contribution in [3.05, 3.63) is 75.8 Å². The molecule has 1 aliphatic heterocycles. The summed E-state index contributed by atoms with van der Waals surface area (Å²) in [6.07, 6.45) is 0. The standard InChI is InChI=1S/C18H18N2O4/c1-17(2)18(23-3,14-7-5-4-6-8-14)19-16(24-17)13-9-11-15(12-10-13)20(21)22/h4-12H,1-3H3. The van der Waals surface area contributed by atoms with E-state index in [4.69, 9.17) is 14.5 Å². The third kappa shape index (κ3) is 2.45. The second-order valence-electron chi connectivity index (χ2n) is 6.05. The highest BCUT2D eigenvalue weighted by Gasteiger charge is 2.54. The van der Waals surface area contributed by atoms with Gasteiger partial charge in [-0.05, 0) is 26.0 Å². The Morgan fingerprint density at radius 1 is 1.08 bits per heavy atom. The Hall–Kier alpha value is -2.73. The summed E-state index contributed by atoms with van der Waals surface area (Å²) in [5.41, 5.74) is -0.137. The summed E-state index contributed by atoms with van der Waals surface area (Å²) >= 11 is 0. The lowest BCUT2D eigenvalue weighted by Gasteiger charge is -2.36. The van der Waals surface area contributed by atoms with Crippen LogP contribution in [0.5, 0.6) is 0 Å². The van der Waals surface area contributed by atoms with Gasteiger partial charge in [0.2, 0.25) is 11.6 Å². The second kappa shape index (κ2) is 5.72. The number of rotatable bonds is 4. The van der Waals surface area contributed by atoms with Gasteiger partial charge in [-0.25, -0.2) is 4.99 Å². The Kier molecular flexibility index (Phi) is 3.85. The van der Waals surface area contributed by atoms with Crippen LogP contribution in [0.15, 0.2) is 59.6 Å². The first-order valence-corrected chi connectivity index (χ1v) is 7.54. The summed E-state index contributed by atoms with van der Waals surface area (Å²) in [7, 11) is 1.60. The van der Waals surface area contributed by atoms with Gasteiger partial charge in [0, 0.05) is 30.4 Å². The molecule has 6 nitrogen and oxygen atoms in total. The molecule has 0 aromatic heterocycles. The van der Waals surface area contributed by atoms with Crippen molar-refractivity contribution >= 4 is 11.6 Å². The molecule has 1 aliphatic rings. The number of hydrogen-bond acceptors (Lipinski definition) is 5. The molecule has 0 N–H and O–H groups in total. The van der Waals surface area contributed by atoms with Crippen LogP contribution in [0.25, 0.3) is 0 Å². The minimum Gasteiger partial charge on any atom is -0.466 e. The van der Waals surface area contributed by atoms with E-state index in [1.807, 2.05) is 44.2 Å². The third-order valence-corrected chi connectivity index (χ3v) is 4.21. The summed E-state index contributed by atoms with van der Waals surface area (Å²) in [5, 5.41) is 10.8. The fourth-order valence-corrected chi connectivity index (χ4v) is 2.95. The third-order valence-electron chi connectivity index (χ3n) is 4.21. The van der Waals surface area contributed by atoms with Crippen LogP contribution in [-0.2, 0) is 15.2 Å². The molecule has 0 radical (unpaired) electrons. The van der Waals surface area contributed by atoms with E-state index in [2.05, 4.69) is 0 Å². The van der Waals surface area contributed by atoms with Gasteiger partial charge in [-0.3, -0.25) is 10.1 Å². The van der Waals surface area contributed by atoms with Crippen LogP contribution in [0.1, 0.15) is 25.0 Å². The zero-order chi connectivity index (χ0) is 17.4. The number of benzene rings is 2. The van der Waals surface area contributed by atoms with Crippen molar-refractivity contribution in [3.63, 3.8) is 0 Å². The molecule has 0 fully saturated rings.